The maximum absolute atomic E-state index is 12.4. The number of anilines is 1. The molecule has 9 heteroatoms. The monoisotopic (exact) mass is 406 g/mol. The lowest BCUT2D eigenvalue weighted by molar-refractivity contribution is 0.0600. The largest absolute Gasteiger partial charge is 0.465 e. The first-order chi connectivity index (χ1) is 11.3. The Balaban J connectivity index is 2.39. The van der Waals surface area contributed by atoms with Crippen LogP contribution in [0.1, 0.15) is 26.4 Å². The third kappa shape index (κ3) is 3.75. The number of nitrogens with zero attached hydrogens (tertiary/aromatic N) is 1. The van der Waals surface area contributed by atoms with E-state index in [2.05, 4.69) is 15.0 Å². The molecule has 1 aromatic carbocycles. The summed E-state index contributed by atoms with van der Waals surface area (Å²) in [5, 5.41) is 2.24. The number of rotatable bonds is 3. The van der Waals surface area contributed by atoms with Crippen LogP contribution in [0.2, 0.25) is 20.2 Å². The topological polar surface area (TPSA) is 68.3 Å². The summed E-state index contributed by atoms with van der Waals surface area (Å²) >= 11 is 23.6. The van der Waals surface area contributed by atoms with E-state index < -0.39 is 11.9 Å². The van der Waals surface area contributed by atoms with Crippen LogP contribution in [-0.4, -0.2) is 24.0 Å². The van der Waals surface area contributed by atoms with E-state index in [-0.39, 0.29) is 31.5 Å². The molecule has 0 saturated heterocycles. The summed E-state index contributed by atoms with van der Waals surface area (Å²) in [6.45, 7) is 1.76. The van der Waals surface area contributed by atoms with Crippen molar-refractivity contribution in [2.45, 2.75) is 6.92 Å². The second-order valence-corrected chi connectivity index (χ2v) is 6.16. The molecule has 0 bridgehead atoms. The first kappa shape index (κ1) is 18.8. The highest BCUT2D eigenvalue weighted by atomic mass is 35.5. The van der Waals surface area contributed by atoms with Gasteiger partial charge in [-0.05, 0) is 24.6 Å². The van der Waals surface area contributed by atoms with Crippen molar-refractivity contribution < 1.29 is 14.3 Å². The summed E-state index contributed by atoms with van der Waals surface area (Å²) in [7, 11) is 1.27. The minimum Gasteiger partial charge on any atom is -0.465 e. The number of pyridine rings is 1. The molecule has 1 amide bonds. The fourth-order valence-corrected chi connectivity index (χ4v) is 2.63. The second-order valence-electron chi connectivity index (χ2n) is 4.67. The predicted octanol–water partition coefficient (Wildman–Crippen LogP) is 5.04. The first-order valence-electron chi connectivity index (χ1n) is 6.46. The zero-order valence-corrected chi connectivity index (χ0v) is 15.4. The van der Waals surface area contributed by atoms with Crippen LogP contribution in [0.15, 0.2) is 18.2 Å². The molecule has 2 aromatic rings. The van der Waals surface area contributed by atoms with Gasteiger partial charge in [0.15, 0.2) is 0 Å². The van der Waals surface area contributed by atoms with Gasteiger partial charge < -0.3 is 10.1 Å². The third-order valence-corrected chi connectivity index (χ3v) is 4.78. The molecular formula is C15H10Cl4N2O3. The van der Waals surface area contributed by atoms with E-state index in [9.17, 15) is 9.59 Å². The number of hydrogen-bond acceptors (Lipinski definition) is 4. The van der Waals surface area contributed by atoms with E-state index in [0.717, 1.165) is 5.56 Å². The van der Waals surface area contributed by atoms with Crippen molar-refractivity contribution >= 4 is 64.0 Å². The van der Waals surface area contributed by atoms with Crippen LogP contribution in [0.5, 0.6) is 0 Å². The van der Waals surface area contributed by atoms with Gasteiger partial charge in [-0.3, -0.25) is 4.79 Å². The fraction of sp³-hybridized carbons (Fsp3) is 0.133. The van der Waals surface area contributed by atoms with Crippen LogP contribution in [0.4, 0.5) is 5.69 Å². The molecule has 0 aliphatic carbocycles. The van der Waals surface area contributed by atoms with E-state index >= 15 is 0 Å². The number of hydrogen-bond donors (Lipinski definition) is 1. The van der Waals surface area contributed by atoms with Gasteiger partial charge in [-0.1, -0.05) is 52.5 Å². The van der Waals surface area contributed by atoms with Crippen LogP contribution in [0, 0.1) is 6.92 Å². The number of carbonyl (C=O) groups is 2. The molecule has 0 atom stereocenters. The molecule has 1 aromatic heterocycles. The summed E-state index contributed by atoms with van der Waals surface area (Å²) in [4.78, 5) is 27.9. The maximum atomic E-state index is 12.4. The zero-order valence-electron chi connectivity index (χ0n) is 12.4. The van der Waals surface area contributed by atoms with Crippen LogP contribution in [0.25, 0.3) is 0 Å². The Labute approximate surface area is 157 Å². The van der Waals surface area contributed by atoms with Gasteiger partial charge in [0.25, 0.3) is 5.91 Å². The number of halogens is 4. The number of benzene rings is 1. The van der Waals surface area contributed by atoms with Gasteiger partial charge in [0.1, 0.15) is 10.8 Å². The second kappa shape index (κ2) is 7.57. The SMILES string of the molecule is COC(=O)c1ccc(C)c(NC(=O)c2nc(Cl)c(Cl)c(Cl)c2Cl)c1. The van der Waals surface area contributed by atoms with Gasteiger partial charge in [-0.2, -0.15) is 0 Å². The first-order valence-corrected chi connectivity index (χ1v) is 7.97. The molecule has 0 spiro atoms. The molecule has 1 N–H and O–H groups in total. The number of esters is 1. The van der Waals surface area contributed by atoms with Gasteiger partial charge in [-0.15, -0.1) is 0 Å². The maximum Gasteiger partial charge on any atom is 0.337 e. The smallest absolute Gasteiger partial charge is 0.337 e. The number of amides is 1. The van der Waals surface area contributed by atoms with Crippen LogP contribution >= 0.6 is 46.4 Å². The molecule has 5 nitrogen and oxygen atoms in total. The highest BCUT2D eigenvalue weighted by Crippen LogP contribution is 2.36. The minimum atomic E-state index is -0.648. The Morgan fingerprint density at radius 1 is 1.08 bits per heavy atom. The average molecular weight is 408 g/mol. The Kier molecular flexibility index (Phi) is 5.93. The van der Waals surface area contributed by atoms with Crippen LogP contribution in [0.3, 0.4) is 0 Å². The minimum absolute atomic E-state index is 0.0382. The molecule has 0 aliphatic heterocycles. The van der Waals surface area contributed by atoms with Crippen molar-refractivity contribution in [2.24, 2.45) is 0 Å². The third-order valence-electron chi connectivity index (χ3n) is 3.11. The van der Waals surface area contributed by atoms with Gasteiger partial charge in [0, 0.05) is 5.69 Å². The van der Waals surface area contributed by atoms with E-state index in [1.54, 1.807) is 19.1 Å². The Morgan fingerprint density at radius 3 is 2.38 bits per heavy atom. The number of methoxy groups -OCH3 is 1. The number of aromatic nitrogens is 1. The summed E-state index contributed by atoms with van der Waals surface area (Å²) < 4.78 is 4.65. The highest BCUT2D eigenvalue weighted by Gasteiger charge is 2.21. The van der Waals surface area contributed by atoms with Gasteiger partial charge in [0.2, 0.25) is 0 Å². The van der Waals surface area contributed by atoms with Crippen molar-refractivity contribution in [1.82, 2.24) is 4.98 Å². The Hall–Kier alpha value is -1.53. The number of nitrogens with one attached hydrogen (secondary N) is 1. The number of carbonyl (C=O) groups excluding carboxylic acids is 2. The molecule has 126 valence electrons. The molecule has 0 aliphatic rings. The van der Waals surface area contributed by atoms with Crippen molar-refractivity contribution in [3.05, 3.63) is 55.2 Å². The highest BCUT2D eigenvalue weighted by molar-refractivity contribution is 6.52. The number of ether oxygens (including phenoxy) is 1. The number of aryl methyl sites for hydroxylation is 1. The van der Waals surface area contributed by atoms with Gasteiger partial charge >= 0.3 is 5.97 Å². The normalized spacial score (nSPS) is 10.4. The quantitative estimate of drug-likeness (QED) is 0.571. The van der Waals surface area contributed by atoms with Crippen molar-refractivity contribution in [3.63, 3.8) is 0 Å². The molecule has 0 unspecified atom stereocenters. The van der Waals surface area contributed by atoms with Gasteiger partial charge in [0.05, 0.1) is 27.7 Å². The summed E-state index contributed by atoms with van der Waals surface area (Å²) in [6, 6.07) is 4.73. The van der Waals surface area contributed by atoms with Crippen LogP contribution < -0.4 is 5.32 Å². The zero-order chi connectivity index (χ0) is 18.0. The lowest BCUT2D eigenvalue weighted by Crippen LogP contribution is -2.16. The predicted molar refractivity (Wildman–Crippen MR) is 94.7 cm³/mol. The lowest BCUT2D eigenvalue weighted by Gasteiger charge is -2.12. The summed E-state index contributed by atoms with van der Waals surface area (Å²) in [5.41, 5.74) is 1.21. The molecule has 2 rings (SSSR count). The lowest BCUT2D eigenvalue weighted by atomic mass is 10.1. The van der Waals surface area contributed by atoms with E-state index in [1.807, 2.05) is 0 Å². The average Bonchev–Trinajstić information content (AvgIpc) is 2.57. The van der Waals surface area contributed by atoms with Crippen molar-refractivity contribution in [3.8, 4) is 0 Å². The van der Waals surface area contributed by atoms with Gasteiger partial charge in [-0.25, -0.2) is 9.78 Å². The van der Waals surface area contributed by atoms with E-state index in [0.29, 0.717) is 5.69 Å². The van der Waals surface area contributed by atoms with Crippen LogP contribution in [-0.2, 0) is 4.74 Å². The Bertz CT molecular complexity index is 840. The fourth-order valence-electron chi connectivity index (χ4n) is 1.82. The van der Waals surface area contributed by atoms with E-state index in [1.165, 1.54) is 13.2 Å². The standard InChI is InChI=1S/C15H10Cl4N2O3/c1-6-3-4-7(15(23)24-2)5-8(6)20-14(22)12-10(17)9(16)11(18)13(19)21-12/h3-5H,1-2H3,(H,20,22). The summed E-state index contributed by atoms with van der Waals surface area (Å²) in [5.74, 6) is -1.18. The molecule has 0 radical (unpaired) electrons. The van der Waals surface area contributed by atoms with Crippen molar-refractivity contribution in [1.29, 1.82) is 0 Å². The van der Waals surface area contributed by atoms with E-state index in [4.69, 9.17) is 46.4 Å². The molecular weight excluding hydrogens is 398 g/mol. The molecule has 24 heavy (non-hydrogen) atoms. The molecule has 0 fully saturated rings. The molecule has 0 saturated carbocycles. The van der Waals surface area contributed by atoms with Crippen molar-refractivity contribution in [2.75, 3.05) is 12.4 Å². The summed E-state index contributed by atoms with van der Waals surface area (Å²) in [6.07, 6.45) is 0. The Morgan fingerprint density at radius 2 is 1.75 bits per heavy atom. The molecule has 1 heterocycles.